The number of aldehydes is 1. The maximum atomic E-state index is 11.8. The first-order valence-electron chi connectivity index (χ1n) is 7.16. The van der Waals surface area contributed by atoms with E-state index in [1.807, 2.05) is 0 Å². The molecule has 0 heterocycles. The summed E-state index contributed by atoms with van der Waals surface area (Å²) in [5.74, 6) is 1.83. The van der Waals surface area contributed by atoms with Gasteiger partial charge in [-0.3, -0.25) is 4.79 Å². The van der Waals surface area contributed by atoms with Gasteiger partial charge in [-0.2, -0.15) is 0 Å². The zero-order valence-corrected chi connectivity index (χ0v) is 14.0. The molecule has 6 heteroatoms. The molecule has 0 spiro atoms. The van der Waals surface area contributed by atoms with E-state index < -0.39 is 5.60 Å². The maximum absolute atomic E-state index is 11.8. The van der Waals surface area contributed by atoms with Crippen molar-refractivity contribution >= 4 is 6.29 Å². The number of carbonyl (C=O) groups is 1. The number of carbonyl (C=O) groups excluding carboxylic acids is 1. The van der Waals surface area contributed by atoms with Crippen molar-refractivity contribution in [2.24, 2.45) is 0 Å². The van der Waals surface area contributed by atoms with Crippen LogP contribution in [0.2, 0.25) is 0 Å². The van der Waals surface area contributed by atoms with Gasteiger partial charge in [0, 0.05) is 23.3 Å². The van der Waals surface area contributed by atoms with E-state index >= 15 is 0 Å². The Labute approximate surface area is 140 Å². The lowest BCUT2D eigenvalue weighted by atomic mass is 9.87. The first-order chi connectivity index (χ1) is 11.5. The number of benzene rings is 2. The van der Waals surface area contributed by atoms with Crippen LogP contribution < -0.4 is 18.9 Å². The van der Waals surface area contributed by atoms with Crippen molar-refractivity contribution in [3.63, 3.8) is 0 Å². The summed E-state index contributed by atoms with van der Waals surface area (Å²) < 4.78 is 20.8. The fourth-order valence-corrected chi connectivity index (χ4v) is 2.36. The molecule has 0 fully saturated rings. The quantitative estimate of drug-likeness (QED) is 0.783. The average molecular weight is 332 g/mol. The van der Waals surface area contributed by atoms with Crippen LogP contribution >= 0.6 is 0 Å². The van der Waals surface area contributed by atoms with Crippen LogP contribution in [0.5, 0.6) is 23.0 Å². The summed E-state index contributed by atoms with van der Waals surface area (Å²) in [7, 11) is 5.97. The van der Waals surface area contributed by atoms with Gasteiger partial charge in [0.05, 0.1) is 28.4 Å². The highest BCUT2D eigenvalue weighted by atomic mass is 16.5. The van der Waals surface area contributed by atoms with E-state index in [0.29, 0.717) is 40.4 Å². The first-order valence-corrected chi connectivity index (χ1v) is 7.16. The minimum absolute atomic E-state index is 0.309. The van der Waals surface area contributed by atoms with Gasteiger partial charge in [0.25, 0.3) is 0 Å². The summed E-state index contributed by atoms with van der Waals surface area (Å²) in [4.78, 5) is 11.8. The maximum Gasteiger partial charge on any atom is 0.171 e. The van der Waals surface area contributed by atoms with Crippen LogP contribution in [0.3, 0.4) is 0 Å². The Morgan fingerprint density at radius 1 is 0.708 bits per heavy atom. The van der Waals surface area contributed by atoms with Crippen LogP contribution in [-0.2, 0) is 10.4 Å². The number of ether oxygens (including phenoxy) is 4. The smallest absolute Gasteiger partial charge is 0.171 e. The van der Waals surface area contributed by atoms with Crippen molar-refractivity contribution in [3.8, 4) is 23.0 Å². The van der Waals surface area contributed by atoms with Crippen LogP contribution in [0, 0.1) is 0 Å². The molecule has 0 unspecified atom stereocenters. The fraction of sp³-hybridized carbons (Fsp3) is 0.278. The predicted molar refractivity (Wildman–Crippen MR) is 88.2 cm³/mol. The van der Waals surface area contributed by atoms with E-state index in [4.69, 9.17) is 18.9 Å². The van der Waals surface area contributed by atoms with Gasteiger partial charge < -0.3 is 24.1 Å². The summed E-state index contributed by atoms with van der Waals surface area (Å²) in [5, 5.41) is 11.1. The van der Waals surface area contributed by atoms with Gasteiger partial charge in [-0.05, 0) is 24.3 Å². The zero-order valence-electron chi connectivity index (χ0n) is 14.0. The van der Waals surface area contributed by atoms with Crippen LogP contribution in [-0.4, -0.2) is 39.8 Å². The second-order valence-corrected chi connectivity index (χ2v) is 5.09. The Bertz CT molecular complexity index is 625. The van der Waals surface area contributed by atoms with Crippen LogP contribution in [0.25, 0.3) is 0 Å². The molecule has 24 heavy (non-hydrogen) atoms. The van der Waals surface area contributed by atoms with E-state index in [1.165, 1.54) is 28.4 Å². The normalized spacial score (nSPS) is 10.9. The monoisotopic (exact) mass is 332 g/mol. The Morgan fingerprint density at radius 2 is 1.00 bits per heavy atom. The lowest BCUT2D eigenvalue weighted by molar-refractivity contribution is -0.121. The number of aliphatic hydroxyl groups is 1. The van der Waals surface area contributed by atoms with Gasteiger partial charge in [-0.15, -0.1) is 0 Å². The van der Waals surface area contributed by atoms with E-state index in [2.05, 4.69) is 0 Å². The van der Waals surface area contributed by atoms with E-state index in [0.717, 1.165) is 0 Å². The third-order valence-electron chi connectivity index (χ3n) is 3.75. The van der Waals surface area contributed by atoms with Crippen molar-refractivity contribution in [2.75, 3.05) is 28.4 Å². The van der Waals surface area contributed by atoms with Crippen LogP contribution in [0.15, 0.2) is 36.4 Å². The minimum atomic E-state index is -1.91. The third kappa shape index (κ3) is 3.28. The Morgan fingerprint density at radius 3 is 1.21 bits per heavy atom. The Hall–Kier alpha value is -2.73. The number of methoxy groups -OCH3 is 4. The van der Waals surface area contributed by atoms with Gasteiger partial charge in [0.2, 0.25) is 0 Å². The molecule has 0 atom stereocenters. The molecule has 0 aliphatic heterocycles. The van der Waals surface area contributed by atoms with Gasteiger partial charge in [-0.25, -0.2) is 0 Å². The highest BCUT2D eigenvalue weighted by Crippen LogP contribution is 2.36. The third-order valence-corrected chi connectivity index (χ3v) is 3.75. The molecule has 0 saturated heterocycles. The topological polar surface area (TPSA) is 74.2 Å². The molecule has 6 nitrogen and oxygen atoms in total. The summed E-state index contributed by atoms with van der Waals surface area (Å²) >= 11 is 0. The molecule has 0 bridgehead atoms. The largest absolute Gasteiger partial charge is 0.497 e. The van der Waals surface area contributed by atoms with Crippen molar-refractivity contribution in [1.29, 1.82) is 0 Å². The number of rotatable bonds is 7. The SMILES string of the molecule is COc1cc(OC)cc(C(O)(C=O)c2cc(OC)cc(OC)c2)c1. The molecule has 0 amide bonds. The van der Waals surface area contributed by atoms with Gasteiger partial charge in [0.15, 0.2) is 11.9 Å². The summed E-state index contributed by atoms with van der Waals surface area (Å²) in [5.41, 5.74) is -1.29. The Balaban J connectivity index is 2.66. The molecule has 0 aliphatic rings. The molecule has 128 valence electrons. The molecule has 0 saturated carbocycles. The average Bonchev–Trinajstić information content (AvgIpc) is 2.66. The second kappa shape index (κ2) is 7.23. The summed E-state index contributed by atoms with van der Waals surface area (Å²) in [6.45, 7) is 0. The van der Waals surface area contributed by atoms with E-state index in [9.17, 15) is 9.90 Å². The van der Waals surface area contributed by atoms with Crippen LogP contribution in [0.1, 0.15) is 11.1 Å². The lowest BCUT2D eigenvalue weighted by Gasteiger charge is -2.25. The highest BCUT2D eigenvalue weighted by Gasteiger charge is 2.33. The molecule has 0 aliphatic carbocycles. The van der Waals surface area contributed by atoms with Crippen molar-refractivity contribution < 1.29 is 28.8 Å². The van der Waals surface area contributed by atoms with Gasteiger partial charge in [0.1, 0.15) is 23.0 Å². The van der Waals surface area contributed by atoms with Crippen molar-refractivity contribution in [1.82, 2.24) is 0 Å². The Kier molecular flexibility index (Phi) is 5.31. The van der Waals surface area contributed by atoms with Crippen LogP contribution in [0.4, 0.5) is 0 Å². The molecular formula is C18H20O6. The lowest BCUT2D eigenvalue weighted by Crippen LogP contribution is -2.29. The number of hydrogen-bond acceptors (Lipinski definition) is 6. The standard InChI is InChI=1S/C18H20O6/c1-21-14-5-12(6-15(9-14)22-2)18(20,11-19)13-7-16(23-3)10-17(8-13)24-4/h5-11,20H,1-4H3. The molecule has 2 aromatic rings. The van der Waals surface area contributed by atoms with Crippen molar-refractivity contribution in [3.05, 3.63) is 47.5 Å². The summed E-state index contributed by atoms with van der Waals surface area (Å²) in [6, 6.07) is 9.60. The van der Waals surface area contributed by atoms with E-state index in [-0.39, 0.29) is 0 Å². The predicted octanol–water partition coefficient (Wildman–Crippen LogP) is 2.16. The number of hydrogen-bond donors (Lipinski definition) is 1. The fourth-order valence-electron chi connectivity index (χ4n) is 2.36. The van der Waals surface area contributed by atoms with Gasteiger partial charge in [-0.1, -0.05) is 0 Å². The zero-order chi connectivity index (χ0) is 17.7. The molecule has 2 aromatic carbocycles. The minimum Gasteiger partial charge on any atom is -0.497 e. The van der Waals surface area contributed by atoms with E-state index in [1.54, 1.807) is 36.4 Å². The van der Waals surface area contributed by atoms with Crippen molar-refractivity contribution in [2.45, 2.75) is 5.60 Å². The molecule has 2 rings (SSSR count). The molecule has 0 aromatic heterocycles. The molecule has 1 N–H and O–H groups in total. The molecule has 0 radical (unpaired) electrons. The first kappa shape index (κ1) is 17.6. The second-order valence-electron chi connectivity index (χ2n) is 5.09. The summed E-state index contributed by atoms with van der Waals surface area (Å²) in [6.07, 6.45) is 0.454. The highest BCUT2D eigenvalue weighted by molar-refractivity contribution is 5.74. The van der Waals surface area contributed by atoms with Gasteiger partial charge >= 0.3 is 0 Å². The molecular weight excluding hydrogens is 312 g/mol.